The lowest BCUT2D eigenvalue weighted by molar-refractivity contribution is -0.0923. The summed E-state index contributed by atoms with van der Waals surface area (Å²) >= 11 is 0. The van der Waals surface area contributed by atoms with Crippen LogP contribution in [0.4, 0.5) is 9.18 Å². The van der Waals surface area contributed by atoms with E-state index in [9.17, 15) is 9.18 Å². The number of amides is 1. The zero-order chi connectivity index (χ0) is 14.8. The maximum atomic E-state index is 13.8. The average molecular weight is 281 g/mol. The van der Waals surface area contributed by atoms with Crippen LogP contribution in [0.2, 0.25) is 0 Å². The number of morpholine rings is 1. The molecule has 0 spiro atoms. The van der Waals surface area contributed by atoms with Gasteiger partial charge < -0.3 is 9.47 Å². The molecule has 1 fully saturated rings. The van der Waals surface area contributed by atoms with Gasteiger partial charge in [-0.1, -0.05) is 18.2 Å². The Labute approximate surface area is 118 Å². The molecule has 0 aromatic heterocycles. The molecule has 1 heterocycles. The largest absolute Gasteiger partial charge is 0.450 e. The van der Waals surface area contributed by atoms with E-state index in [0.717, 1.165) is 0 Å². The van der Waals surface area contributed by atoms with Crippen LogP contribution >= 0.6 is 0 Å². The van der Waals surface area contributed by atoms with E-state index in [2.05, 4.69) is 0 Å². The fraction of sp³-hybridized carbons (Fsp3) is 0.533. The van der Waals surface area contributed by atoms with E-state index in [1.54, 1.807) is 30.0 Å². The molecule has 1 aliphatic heterocycles. The Balaban J connectivity index is 2.20. The summed E-state index contributed by atoms with van der Waals surface area (Å²) in [6, 6.07) is 6.47. The predicted molar refractivity (Wildman–Crippen MR) is 72.9 cm³/mol. The molecule has 1 aromatic carbocycles. The van der Waals surface area contributed by atoms with E-state index >= 15 is 0 Å². The molecule has 4 nitrogen and oxygen atoms in total. The molecule has 0 radical (unpaired) electrons. The molecular weight excluding hydrogens is 261 g/mol. The Bertz CT molecular complexity index is 490. The fourth-order valence-electron chi connectivity index (χ4n) is 2.30. The summed E-state index contributed by atoms with van der Waals surface area (Å²) in [5, 5.41) is 0. The summed E-state index contributed by atoms with van der Waals surface area (Å²) in [4.78, 5) is 13.6. The van der Waals surface area contributed by atoms with Crippen molar-refractivity contribution < 1.29 is 18.7 Å². The molecule has 1 aliphatic rings. The van der Waals surface area contributed by atoms with E-state index in [1.165, 1.54) is 6.07 Å². The number of benzene rings is 1. The summed E-state index contributed by atoms with van der Waals surface area (Å²) in [6.07, 6.45) is -0.851. The summed E-state index contributed by atoms with van der Waals surface area (Å²) in [6.45, 7) is 6.51. The van der Waals surface area contributed by atoms with Gasteiger partial charge in [0.2, 0.25) is 0 Å². The summed E-state index contributed by atoms with van der Waals surface area (Å²) in [5.74, 6) is -0.319. The minimum atomic E-state index is -0.464. The van der Waals surface area contributed by atoms with Gasteiger partial charge in [0.1, 0.15) is 11.9 Å². The summed E-state index contributed by atoms with van der Waals surface area (Å²) in [7, 11) is 0. The zero-order valence-corrected chi connectivity index (χ0v) is 12.1. The maximum absolute atomic E-state index is 13.8. The van der Waals surface area contributed by atoms with Gasteiger partial charge in [0.25, 0.3) is 0 Å². The van der Waals surface area contributed by atoms with Crippen molar-refractivity contribution in [3.05, 3.63) is 35.6 Å². The Morgan fingerprint density at radius 2 is 2.20 bits per heavy atom. The SMILES string of the molecule is CCOC(=O)N1CC(c2ccccc2F)OCC1(C)C. The number of halogens is 1. The van der Waals surface area contributed by atoms with E-state index < -0.39 is 11.6 Å². The van der Waals surface area contributed by atoms with Crippen LogP contribution < -0.4 is 0 Å². The lowest BCUT2D eigenvalue weighted by Gasteiger charge is -2.44. The minimum absolute atomic E-state index is 0.284. The molecular formula is C15H20FNO3. The Hall–Kier alpha value is -1.62. The van der Waals surface area contributed by atoms with E-state index in [1.807, 2.05) is 13.8 Å². The highest BCUT2D eigenvalue weighted by Crippen LogP contribution is 2.31. The Kier molecular flexibility index (Phi) is 4.28. The van der Waals surface area contributed by atoms with Crippen LogP contribution in [0.3, 0.4) is 0 Å². The quantitative estimate of drug-likeness (QED) is 0.836. The van der Waals surface area contributed by atoms with Crippen molar-refractivity contribution in [3.8, 4) is 0 Å². The van der Waals surface area contributed by atoms with Crippen molar-refractivity contribution in [2.75, 3.05) is 19.8 Å². The molecule has 20 heavy (non-hydrogen) atoms. The molecule has 5 heteroatoms. The molecule has 1 aromatic rings. The number of ether oxygens (including phenoxy) is 2. The molecule has 1 atom stereocenters. The van der Waals surface area contributed by atoms with Crippen molar-refractivity contribution in [1.82, 2.24) is 4.90 Å². The van der Waals surface area contributed by atoms with Crippen LogP contribution in [-0.2, 0) is 9.47 Å². The predicted octanol–water partition coefficient (Wildman–Crippen LogP) is 3.13. The third kappa shape index (κ3) is 2.93. The normalized spacial score (nSPS) is 21.6. The van der Waals surface area contributed by atoms with Crippen molar-refractivity contribution in [1.29, 1.82) is 0 Å². The van der Waals surface area contributed by atoms with Gasteiger partial charge in [-0.05, 0) is 26.8 Å². The Morgan fingerprint density at radius 1 is 1.50 bits per heavy atom. The second kappa shape index (κ2) is 5.79. The van der Waals surface area contributed by atoms with Crippen LogP contribution in [-0.4, -0.2) is 36.3 Å². The van der Waals surface area contributed by atoms with Crippen LogP contribution in [0.15, 0.2) is 24.3 Å². The molecule has 0 N–H and O–H groups in total. The van der Waals surface area contributed by atoms with Crippen LogP contribution in [0.5, 0.6) is 0 Å². The summed E-state index contributed by atoms with van der Waals surface area (Å²) < 4.78 is 24.6. The second-order valence-corrected chi connectivity index (χ2v) is 5.44. The van der Waals surface area contributed by atoms with Gasteiger partial charge >= 0.3 is 6.09 Å². The maximum Gasteiger partial charge on any atom is 0.410 e. The standard InChI is InChI=1S/C15H20FNO3/c1-4-19-14(18)17-9-13(20-10-15(17,2)3)11-7-5-6-8-12(11)16/h5-8,13H,4,9-10H2,1-3H3. The molecule has 0 bridgehead atoms. The Morgan fingerprint density at radius 3 is 2.85 bits per heavy atom. The number of hydrogen-bond donors (Lipinski definition) is 0. The van der Waals surface area contributed by atoms with E-state index in [-0.39, 0.29) is 18.5 Å². The first-order chi connectivity index (χ1) is 9.45. The van der Waals surface area contributed by atoms with Crippen LogP contribution in [0, 0.1) is 5.82 Å². The highest BCUT2D eigenvalue weighted by molar-refractivity contribution is 5.69. The molecule has 110 valence electrons. The van der Waals surface area contributed by atoms with Gasteiger partial charge in [-0.15, -0.1) is 0 Å². The summed E-state index contributed by atoms with van der Waals surface area (Å²) in [5.41, 5.74) is 0.00544. The smallest absolute Gasteiger partial charge is 0.410 e. The van der Waals surface area contributed by atoms with Crippen molar-refractivity contribution in [2.45, 2.75) is 32.4 Å². The van der Waals surface area contributed by atoms with Gasteiger partial charge in [0.15, 0.2) is 0 Å². The van der Waals surface area contributed by atoms with Crippen molar-refractivity contribution in [2.24, 2.45) is 0 Å². The number of nitrogens with zero attached hydrogens (tertiary/aromatic N) is 1. The first kappa shape index (κ1) is 14.8. The first-order valence-electron chi connectivity index (χ1n) is 6.76. The molecule has 0 saturated carbocycles. The van der Waals surface area contributed by atoms with Gasteiger partial charge in [0.05, 0.1) is 25.3 Å². The highest BCUT2D eigenvalue weighted by atomic mass is 19.1. The second-order valence-electron chi connectivity index (χ2n) is 5.44. The molecule has 0 aliphatic carbocycles. The molecule has 2 rings (SSSR count). The van der Waals surface area contributed by atoms with E-state index in [4.69, 9.17) is 9.47 Å². The minimum Gasteiger partial charge on any atom is -0.450 e. The fourth-order valence-corrected chi connectivity index (χ4v) is 2.30. The van der Waals surface area contributed by atoms with E-state index in [0.29, 0.717) is 18.8 Å². The highest BCUT2D eigenvalue weighted by Gasteiger charge is 2.40. The molecule has 1 saturated heterocycles. The van der Waals surface area contributed by atoms with Gasteiger partial charge in [-0.3, -0.25) is 4.90 Å². The van der Waals surface area contributed by atoms with Gasteiger partial charge in [-0.25, -0.2) is 9.18 Å². The first-order valence-corrected chi connectivity index (χ1v) is 6.76. The van der Waals surface area contributed by atoms with Crippen molar-refractivity contribution in [3.63, 3.8) is 0 Å². The number of rotatable bonds is 2. The van der Waals surface area contributed by atoms with Crippen LogP contribution in [0.1, 0.15) is 32.4 Å². The lowest BCUT2D eigenvalue weighted by Crippen LogP contribution is -2.56. The molecule has 1 amide bonds. The topological polar surface area (TPSA) is 38.8 Å². The lowest BCUT2D eigenvalue weighted by atomic mass is 9.98. The average Bonchev–Trinajstić information content (AvgIpc) is 2.39. The molecule has 1 unspecified atom stereocenters. The van der Waals surface area contributed by atoms with Crippen LogP contribution in [0.25, 0.3) is 0 Å². The third-order valence-electron chi connectivity index (χ3n) is 3.46. The number of hydrogen-bond acceptors (Lipinski definition) is 3. The van der Waals surface area contributed by atoms with Crippen molar-refractivity contribution >= 4 is 6.09 Å². The van der Waals surface area contributed by atoms with Gasteiger partial charge in [0, 0.05) is 5.56 Å². The third-order valence-corrected chi connectivity index (χ3v) is 3.46. The number of carbonyl (C=O) groups excluding carboxylic acids is 1. The zero-order valence-electron chi connectivity index (χ0n) is 12.1. The van der Waals surface area contributed by atoms with Gasteiger partial charge in [-0.2, -0.15) is 0 Å². The monoisotopic (exact) mass is 281 g/mol. The number of carbonyl (C=O) groups is 1.